The van der Waals surface area contributed by atoms with Crippen LogP contribution in [0.1, 0.15) is 12.8 Å². The third kappa shape index (κ3) is 4.05. The van der Waals surface area contributed by atoms with E-state index in [0.717, 1.165) is 12.8 Å². The van der Waals surface area contributed by atoms with Gasteiger partial charge in [-0.2, -0.15) is 4.98 Å². The molecule has 10 nitrogen and oxygen atoms in total. The maximum atomic E-state index is 12.2. The molecule has 0 bridgehead atoms. The Hall–Kier alpha value is -3.18. The van der Waals surface area contributed by atoms with Gasteiger partial charge in [0.05, 0.1) is 0 Å². The van der Waals surface area contributed by atoms with E-state index in [-0.39, 0.29) is 35.2 Å². The van der Waals surface area contributed by atoms with Crippen molar-refractivity contribution in [1.82, 2.24) is 14.9 Å². The van der Waals surface area contributed by atoms with Gasteiger partial charge in [-0.25, -0.2) is 13.1 Å². The Morgan fingerprint density at radius 1 is 1.29 bits per heavy atom. The second-order valence-corrected chi connectivity index (χ2v) is 7.87. The number of carbonyl (C=O) groups is 1. The smallest absolute Gasteiger partial charge is 0.293 e. The lowest BCUT2D eigenvalue weighted by Gasteiger charge is -2.04. The van der Waals surface area contributed by atoms with Crippen LogP contribution in [0.5, 0.6) is 5.75 Å². The molecule has 2 heterocycles. The highest BCUT2D eigenvalue weighted by molar-refractivity contribution is 7.89. The van der Waals surface area contributed by atoms with Crippen molar-refractivity contribution in [3.05, 3.63) is 36.4 Å². The molecule has 2 aromatic heterocycles. The summed E-state index contributed by atoms with van der Waals surface area (Å²) in [6.07, 6.45) is 1.64. The van der Waals surface area contributed by atoms with Crippen molar-refractivity contribution >= 4 is 15.9 Å². The van der Waals surface area contributed by atoms with Crippen LogP contribution in [0, 0.1) is 0 Å². The molecule has 0 unspecified atom stereocenters. The molecule has 1 aromatic carbocycles. The van der Waals surface area contributed by atoms with E-state index in [4.69, 9.17) is 19.4 Å². The quantitative estimate of drug-likeness (QED) is 0.570. The Bertz CT molecular complexity index is 1120. The molecule has 0 aliphatic heterocycles. The number of amides is 1. The Morgan fingerprint density at radius 3 is 2.86 bits per heavy atom. The molecule has 1 saturated carbocycles. The van der Waals surface area contributed by atoms with E-state index in [0.29, 0.717) is 11.3 Å². The highest BCUT2D eigenvalue weighted by atomic mass is 32.2. The number of primary amides is 1. The molecule has 1 aliphatic carbocycles. The lowest BCUT2D eigenvalue weighted by molar-refractivity contribution is -0.119. The van der Waals surface area contributed by atoms with E-state index >= 15 is 0 Å². The van der Waals surface area contributed by atoms with Gasteiger partial charge in [0, 0.05) is 11.6 Å². The fraction of sp³-hybridized carbons (Fsp3) is 0.235. The average molecular weight is 404 g/mol. The third-order valence-corrected chi connectivity index (χ3v) is 5.25. The van der Waals surface area contributed by atoms with Crippen LogP contribution in [0.25, 0.3) is 23.0 Å². The number of benzene rings is 1. The van der Waals surface area contributed by atoms with Crippen LogP contribution in [0.2, 0.25) is 0 Å². The molecule has 0 radical (unpaired) electrons. The number of nitrogens with zero attached hydrogens (tertiary/aromatic N) is 2. The van der Waals surface area contributed by atoms with E-state index in [2.05, 4.69) is 14.9 Å². The predicted octanol–water partition coefficient (Wildman–Crippen LogP) is 1.30. The molecule has 28 heavy (non-hydrogen) atoms. The lowest BCUT2D eigenvalue weighted by atomic mass is 10.2. The minimum absolute atomic E-state index is 0.0300. The number of nitrogens with one attached hydrogen (secondary N) is 1. The summed E-state index contributed by atoms with van der Waals surface area (Å²) in [5.41, 5.74) is 5.63. The summed E-state index contributed by atoms with van der Waals surface area (Å²) in [6, 6.07) is 9.45. The lowest BCUT2D eigenvalue weighted by Crippen LogP contribution is -2.25. The number of hydrogen-bond acceptors (Lipinski definition) is 8. The van der Waals surface area contributed by atoms with Gasteiger partial charge in [-0.3, -0.25) is 4.79 Å². The highest BCUT2D eigenvalue weighted by Gasteiger charge is 2.30. The minimum Gasteiger partial charge on any atom is -0.484 e. The van der Waals surface area contributed by atoms with E-state index in [1.54, 1.807) is 24.3 Å². The third-order valence-electron chi connectivity index (χ3n) is 3.86. The monoisotopic (exact) mass is 404 g/mol. The highest BCUT2D eigenvalue weighted by Crippen LogP contribution is 2.28. The van der Waals surface area contributed by atoms with Crippen LogP contribution in [-0.2, 0) is 14.8 Å². The van der Waals surface area contributed by atoms with Gasteiger partial charge in [-0.15, -0.1) is 0 Å². The number of rotatable bonds is 8. The summed E-state index contributed by atoms with van der Waals surface area (Å²) >= 11 is 0. The topological polar surface area (TPSA) is 151 Å². The average Bonchev–Trinajstić information content (AvgIpc) is 3.14. The molecule has 0 saturated heterocycles. The second kappa shape index (κ2) is 7.09. The second-order valence-electron chi connectivity index (χ2n) is 6.22. The molecule has 1 amide bonds. The molecule has 11 heteroatoms. The SMILES string of the molecule is NC(=O)COc1cccc(-c2noc(-c3ccc(S(=O)(=O)NC4CC4)o3)n2)c1. The first-order valence-electron chi connectivity index (χ1n) is 8.38. The van der Waals surface area contributed by atoms with Crippen molar-refractivity contribution in [2.75, 3.05) is 6.61 Å². The fourth-order valence-corrected chi connectivity index (χ4v) is 3.62. The molecule has 3 aromatic rings. The predicted molar refractivity (Wildman–Crippen MR) is 95.5 cm³/mol. The Balaban J connectivity index is 1.53. The molecule has 0 atom stereocenters. The van der Waals surface area contributed by atoms with Crippen LogP contribution < -0.4 is 15.2 Å². The van der Waals surface area contributed by atoms with Gasteiger partial charge in [0.1, 0.15) is 5.75 Å². The van der Waals surface area contributed by atoms with Gasteiger partial charge < -0.3 is 19.4 Å². The first-order valence-corrected chi connectivity index (χ1v) is 9.87. The van der Waals surface area contributed by atoms with E-state index in [1.165, 1.54) is 12.1 Å². The standard InChI is InChI=1S/C17H16N4O6S/c18-14(22)9-25-12-3-1-2-10(8-12)16-19-17(27-20-16)13-6-7-15(26-13)28(23,24)21-11-4-5-11/h1-3,6-8,11,21H,4-5,9H2,(H2,18,22). The normalized spacial score (nSPS) is 14.1. The van der Waals surface area contributed by atoms with Gasteiger partial charge in [0.15, 0.2) is 12.4 Å². The largest absolute Gasteiger partial charge is 0.484 e. The van der Waals surface area contributed by atoms with Crippen molar-refractivity contribution in [3.8, 4) is 28.8 Å². The number of furan rings is 1. The van der Waals surface area contributed by atoms with Crippen LogP contribution in [-0.4, -0.2) is 37.1 Å². The zero-order valence-corrected chi connectivity index (χ0v) is 15.3. The van der Waals surface area contributed by atoms with Crippen LogP contribution in [0.3, 0.4) is 0 Å². The maximum Gasteiger partial charge on any atom is 0.293 e. The summed E-state index contributed by atoms with van der Waals surface area (Å²) in [7, 11) is -3.71. The zero-order valence-electron chi connectivity index (χ0n) is 14.5. The molecule has 1 fully saturated rings. The van der Waals surface area contributed by atoms with Crippen molar-refractivity contribution in [3.63, 3.8) is 0 Å². The van der Waals surface area contributed by atoms with Crippen molar-refractivity contribution in [2.24, 2.45) is 5.73 Å². The number of hydrogen-bond donors (Lipinski definition) is 2. The molecule has 146 valence electrons. The summed E-state index contributed by atoms with van der Waals surface area (Å²) in [6.45, 7) is -0.251. The van der Waals surface area contributed by atoms with Crippen LogP contribution >= 0.6 is 0 Å². The van der Waals surface area contributed by atoms with Gasteiger partial charge in [0.25, 0.3) is 21.8 Å². The Labute approximate surface area is 159 Å². The van der Waals surface area contributed by atoms with Crippen molar-refractivity contribution < 1.29 is 26.9 Å². The molecule has 4 rings (SSSR count). The summed E-state index contributed by atoms with van der Waals surface area (Å²) in [5.74, 6) is 0.242. The molecular weight excluding hydrogens is 388 g/mol. The first kappa shape index (κ1) is 18.2. The van der Waals surface area contributed by atoms with Crippen LogP contribution in [0.4, 0.5) is 0 Å². The zero-order chi connectivity index (χ0) is 19.7. The maximum absolute atomic E-state index is 12.2. The summed E-state index contributed by atoms with van der Waals surface area (Å²) in [5, 5.41) is 3.66. The van der Waals surface area contributed by atoms with Gasteiger partial charge in [-0.05, 0) is 37.1 Å². The van der Waals surface area contributed by atoms with Crippen molar-refractivity contribution in [2.45, 2.75) is 24.0 Å². The number of sulfonamides is 1. The number of aromatic nitrogens is 2. The van der Waals surface area contributed by atoms with E-state index < -0.39 is 15.9 Å². The summed E-state index contributed by atoms with van der Waals surface area (Å²) < 4.78 is 42.7. The number of nitrogens with two attached hydrogens (primary N) is 1. The number of ether oxygens (including phenoxy) is 1. The van der Waals surface area contributed by atoms with Gasteiger partial charge in [0.2, 0.25) is 10.9 Å². The molecular formula is C17H16N4O6S. The molecule has 1 aliphatic rings. The minimum atomic E-state index is -3.71. The van der Waals surface area contributed by atoms with Gasteiger partial charge >= 0.3 is 0 Å². The Kier molecular flexibility index (Phi) is 4.61. The van der Waals surface area contributed by atoms with Crippen molar-refractivity contribution in [1.29, 1.82) is 0 Å². The van der Waals surface area contributed by atoms with Crippen LogP contribution in [0.15, 0.2) is 50.4 Å². The first-order chi connectivity index (χ1) is 13.4. The number of carbonyl (C=O) groups excluding carboxylic acids is 1. The molecule has 3 N–H and O–H groups in total. The summed E-state index contributed by atoms with van der Waals surface area (Å²) in [4.78, 5) is 15.0. The Morgan fingerprint density at radius 2 is 2.11 bits per heavy atom. The van der Waals surface area contributed by atoms with E-state index in [1.807, 2.05) is 0 Å². The van der Waals surface area contributed by atoms with Gasteiger partial charge in [-0.1, -0.05) is 17.3 Å². The molecule has 0 spiro atoms. The van der Waals surface area contributed by atoms with E-state index in [9.17, 15) is 13.2 Å². The fourth-order valence-electron chi connectivity index (χ4n) is 2.38.